The summed E-state index contributed by atoms with van der Waals surface area (Å²) in [6.07, 6.45) is 23.4. The van der Waals surface area contributed by atoms with Gasteiger partial charge in [-0.3, -0.25) is 0 Å². The Bertz CT molecular complexity index is 269. The fraction of sp³-hybridized carbons (Fsp3) is 0.913. The van der Waals surface area contributed by atoms with Gasteiger partial charge in [-0.05, 0) is 31.8 Å². The molecule has 0 saturated carbocycles. The van der Waals surface area contributed by atoms with E-state index in [0.717, 1.165) is 17.1 Å². The molecule has 1 atom stereocenters. The molecule has 0 aliphatic carbocycles. The van der Waals surface area contributed by atoms with E-state index < -0.39 is 0 Å². The number of rotatable bonds is 18. The van der Waals surface area contributed by atoms with Crippen LogP contribution in [0.1, 0.15) is 110 Å². The third-order valence-corrected chi connectivity index (χ3v) is 5.62. The summed E-state index contributed by atoms with van der Waals surface area (Å²) in [7, 11) is 4.81. The van der Waals surface area contributed by atoms with E-state index in [0.29, 0.717) is 0 Å². The van der Waals surface area contributed by atoms with Gasteiger partial charge in [0.1, 0.15) is 0 Å². The largest absolute Gasteiger partial charge is 0.323 e. The van der Waals surface area contributed by atoms with E-state index in [-0.39, 0.29) is 0 Å². The Morgan fingerprint density at radius 1 is 0.667 bits per heavy atom. The Morgan fingerprint density at radius 3 is 1.42 bits per heavy atom. The van der Waals surface area contributed by atoms with E-state index in [9.17, 15) is 0 Å². The standard InChI is InChI=1S/C23H48N/c1-6-9-11-13-15-17-19-21-23(24(4,5)22-8-3)20-18-16-14-12-10-7-2/h8,23H,3,6-7,9-22H2,1-2,4-5H3/q+1. The van der Waals surface area contributed by atoms with Crippen LogP contribution in [-0.4, -0.2) is 31.2 Å². The first-order valence-corrected chi connectivity index (χ1v) is 11.0. The topological polar surface area (TPSA) is 0 Å². The summed E-state index contributed by atoms with van der Waals surface area (Å²) in [5.74, 6) is 0. The second-order valence-electron chi connectivity index (χ2n) is 8.37. The van der Waals surface area contributed by atoms with E-state index in [1.54, 1.807) is 0 Å². The van der Waals surface area contributed by atoms with Gasteiger partial charge in [0.05, 0.1) is 26.7 Å². The maximum absolute atomic E-state index is 3.98. The number of hydrogen-bond acceptors (Lipinski definition) is 0. The number of likely N-dealkylation sites (N-methyl/N-ethyl adjacent to an activating group) is 1. The third-order valence-electron chi connectivity index (χ3n) is 5.62. The van der Waals surface area contributed by atoms with Crippen molar-refractivity contribution in [2.75, 3.05) is 20.6 Å². The minimum atomic E-state index is 0.824. The number of unbranched alkanes of at least 4 members (excludes halogenated alkanes) is 11. The van der Waals surface area contributed by atoms with Gasteiger partial charge in [0, 0.05) is 0 Å². The molecule has 0 N–H and O–H groups in total. The number of nitrogens with zero attached hydrogens (tertiary/aromatic N) is 1. The minimum Gasteiger partial charge on any atom is -0.323 e. The first kappa shape index (κ1) is 23.7. The van der Waals surface area contributed by atoms with Crippen molar-refractivity contribution < 1.29 is 4.48 Å². The average Bonchev–Trinajstić information content (AvgIpc) is 2.55. The molecule has 0 spiro atoms. The fourth-order valence-corrected chi connectivity index (χ4v) is 3.82. The zero-order valence-corrected chi connectivity index (χ0v) is 17.6. The highest BCUT2D eigenvalue weighted by Gasteiger charge is 2.25. The summed E-state index contributed by atoms with van der Waals surface area (Å²) >= 11 is 0. The van der Waals surface area contributed by atoms with Crippen molar-refractivity contribution in [1.82, 2.24) is 0 Å². The summed E-state index contributed by atoms with van der Waals surface area (Å²) in [5.41, 5.74) is 0. The van der Waals surface area contributed by atoms with Gasteiger partial charge >= 0.3 is 0 Å². The van der Waals surface area contributed by atoms with Crippen LogP contribution < -0.4 is 0 Å². The first-order valence-electron chi connectivity index (χ1n) is 11.0. The highest BCUT2D eigenvalue weighted by Crippen LogP contribution is 2.22. The minimum absolute atomic E-state index is 0.824. The first-order chi connectivity index (χ1) is 11.6. The molecule has 0 fully saturated rings. The van der Waals surface area contributed by atoms with Crippen molar-refractivity contribution in [3.05, 3.63) is 12.7 Å². The third kappa shape index (κ3) is 13.0. The zero-order chi connectivity index (χ0) is 18.1. The second-order valence-corrected chi connectivity index (χ2v) is 8.37. The van der Waals surface area contributed by atoms with Crippen molar-refractivity contribution in [2.24, 2.45) is 0 Å². The molecule has 0 aromatic carbocycles. The van der Waals surface area contributed by atoms with Crippen LogP contribution in [0.4, 0.5) is 0 Å². The van der Waals surface area contributed by atoms with Gasteiger partial charge in [0.2, 0.25) is 0 Å². The fourth-order valence-electron chi connectivity index (χ4n) is 3.82. The Morgan fingerprint density at radius 2 is 1.04 bits per heavy atom. The van der Waals surface area contributed by atoms with Crippen molar-refractivity contribution in [2.45, 2.75) is 116 Å². The second kappa shape index (κ2) is 16.2. The molecule has 0 radical (unpaired) electrons. The summed E-state index contributed by atoms with van der Waals surface area (Å²) in [4.78, 5) is 0. The monoisotopic (exact) mass is 338 g/mol. The molecule has 1 heteroatoms. The van der Waals surface area contributed by atoms with Crippen LogP contribution >= 0.6 is 0 Å². The molecule has 24 heavy (non-hydrogen) atoms. The van der Waals surface area contributed by atoms with Crippen molar-refractivity contribution in [3.63, 3.8) is 0 Å². The molecule has 0 aromatic heterocycles. The highest BCUT2D eigenvalue weighted by molar-refractivity contribution is 4.69. The summed E-state index contributed by atoms with van der Waals surface area (Å²) in [5, 5.41) is 0. The quantitative estimate of drug-likeness (QED) is 0.138. The van der Waals surface area contributed by atoms with Gasteiger partial charge in [-0.15, -0.1) is 0 Å². The maximum Gasteiger partial charge on any atom is 0.0969 e. The lowest BCUT2D eigenvalue weighted by Gasteiger charge is -2.38. The van der Waals surface area contributed by atoms with Gasteiger partial charge < -0.3 is 4.48 Å². The zero-order valence-electron chi connectivity index (χ0n) is 17.6. The van der Waals surface area contributed by atoms with Crippen molar-refractivity contribution in [1.29, 1.82) is 0 Å². The van der Waals surface area contributed by atoms with Crippen LogP contribution in [0, 0.1) is 0 Å². The maximum atomic E-state index is 3.98. The van der Waals surface area contributed by atoms with Gasteiger partial charge in [-0.25, -0.2) is 0 Å². The Kier molecular flexibility index (Phi) is 16.0. The molecule has 0 aromatic rings. The molecule has 0 amide bonds. The summed E-state index contributed by atoms with van der Waals surface area (Å²) in [6, 6.07) is 0.824. The van der Waals surface area contributed by atoms with Crippen LogP contribution in [0.25, 0.3) is 0 Å². The van der Waals surface area contributed by atoms with Crippen molar-refractivity contribution >= 4 is 0 Å². The van der Waals surface area contributed by atoms with Crippen LogP contribution in [0.3, 0.4) is 0 Å². The van der Waals surface area contributed by atoms with E-state index in [1.165, 1.54) is 96.3 Å². The van der Waals surface area contributed by atoms with E-state index >= 15 is 0 Å². The number of quaternary nitrogens is 1. The van der Waals surface area contributed by atoms with Gasteiger partial charge in [-0.2, -0.15) is 0 Å². The molecule has 1 unspecified atom stereocenters. The molecule has 144 valence electrons. The van der Waals surface area contributed by atoms with Gasteiger partial charge in [-0.1, -0.05) is 91.1 Å². The Balaban J connectivity index is 4.03. The molecule has 0 aliphatic heterocycles. The average molecular weight is 339 g/mol. The highest BCUT2D eigenvalue weighted by atomic mass is 15.3. The van der Waals surface area contributed by atoms with E-state index in [4.69, 9.17) is 0 Å². The molecule has 0 bridgehead atoms. The van der Waals surface area contributed by atoms with Crippen LogP contribution in [0.2, 0.25) is 0 Å². The number of hydrogen-bond donors (Lipinski definition) is 0. The van der Waals surface area contributed by atoms with Gasteiger partial charge in [0.15, 0.2) is 0 Å². The Labute approximate surface area is 154 Å². The van der Waals surface area contributed by atoms with Crippen LogP contribution in [0.5, 0.6) is 0 Å². The predicted octanol–water partition coefficient (Wildman–Crippen LogP) is 7.51. The summed E-state index contributed by atoms with van der Waals surface area (Å²) in [6.45, 7) is 9.69. The normalized spacial score (nSPS) is 13.2. The molecular weight excluding hydrogens is 290 g/mol. The van der Waals surface area contributed by atoms with Crippen LogP contribution in [-0.2, 0) is 0 Å². The molecule has 0 rings (SSSR count). The molecule has 1 nitrogen and oxygen atoms in total. The smallest absolute Gasteiger partial charge is 0.0969 e. The predicted molar refractivity (Wildman–Crippen MR) is 112 cm³/mol. The SMILES string of the molecule is C=CC[N+](C)(C)C(CCCCCCCC)CCCCCCCCC. The van der Waals surface area contributed by atoms with E-state index in [2.05, 4.69) is 40.6 Å². The van der Waals surface area contributed by atoms with E-state index in [1.807, 2.05) is 0 Å². The molecule has 0 heterocycles. The molecular formula is C23H48N+. The van der Waals surface area contributed by atoms with Crippen LogP contribution in [0.15, 0.2) is 12.7 Å². The Hall–Kier alpha value is -0.300. The molecule has 0 saturated heterocycles. The lowest BCUT2D eigenvalue weighted by Crippen LogP contribution is -2.48. The lowest BCUT2D eigenvalue weighted by molar-refractivity contribution is -0.910. The van der Waals surface area contributed by atoms with Gasteiger partial charge in [0.25, 0.3) is 0 Å². The molecule has 0 aliphatic rings. The summed E-state index contributed by atoms with van der Waals surface area (Å²) < 4.78 is 1.13. The lowest BCUT2D eigenvalue weighted by atomic mass is 9.97. The van der Waals surface area contributed by atoms with Crippen molar-refractivity contribution in [3.8, 4) is 0 Å².